The van der Waals surface area contributed by atoms with Gasteiger partial charge in [-0.1, -0.05) is 78.0 Å². The van der Waals surface area contributed by atoms with E-state index in [9.17, 15) is 14.9 Å². The lowest BCUT2D eigenvalue weighted by Gasteiger charge is -2.30. The van der Waals surface area contributed by atoms with E-state index in [0.717, 1.165) is 16.8 Å². The van der Waals surface area contributed by atoms with Crippen LogP contribution in [0.5, 0.6) is 0 Å². The van der Waals surface area contributed by atoms with Crippen molar-refractivity contribution in [2.45, 2.75) is 26.7 Å². The van der Waals surface area contributed by atoms with Crippen molar-refractivity contribution in [1.82, 2.24) is 5.32 Å². The summed E-state index contributed by atoms with van der Waals surface area (Å²) in [6, 6.07) is 24.4. The van der Waals surface area contributed by atoms with E-state index in [0.29, 0.717) is 38.1 Å². The number of hydrogen-bond acceptors (Lipinski definition) is 5. The fourth-order valence-corrected chi connectivity index (χ4v) is 5.53. The summed E-state index contributed by atoms with van der Waals surface area (Å²) in [5.41, 5.74) is 5.32. The number of amides is 2. The Hall–Kier alpha value is -3.99. The van der Waals surface area contributed by atoms with Crippen LogP contribution in [0.4, 0.5) is 11.4 Å². The number of dihydropyridines is 1. The molecule has 1 aliphatic heterocycles. The summed E-state index contributed by atoms with van der Waals surface area (Å²) in [6.07, 6.45) is 0. The normalized spacial score (nSPS) is 15.0. The Kier molecular flexibility index (Phi) is 8.57. The first-order valence-corrected chi connectivity index (χ1v) is 13.4. The molecule has 0 saturated carbocycles. The van der Waals surface area contributed by atoms with Crippen LogP contribution in [-0.4, -0.2) is 17.6 Å². The largest absolute Gasteiger partial charge is 0.353 e. The number of nitrogens with zero attached hydrogens (tertiary/aromatic N) is 1. The van der Waals surface area contributed by atoms with Crippen molar-refractivity contribution >= 4 is 46.6 Å². The summed E-state index contributed by atoms with van der Waals surface area (Å²) in [7, 11) is 0. The zero-order valence-electron chi connectivity index (χ0n) is 21.3. The van der Waals surface area contributed by atoms with Gasteiger partial charge in [-0.15, -0.1) is 0 Å². The molecule has 1 aliphatic rings. The number of aryl methyl sites for hydroxylation is 2. The lowest BCUT2D eigenvalue weighted by molar-refractivity contribution is -0.114. The molecule has 0 aliphatic carbocycles. The molecule has 2 amide bonds. The summed E-state index contributed by atoms with van der Waals surface area (Å²) in [5, 5.41) is 20.4. The topological polar surface area (TPSA) is 94.0 Å². The minimum Gasteiger partial charge on any atom is -0.353 e. The summed E-state index contributed by atoms with van der Waals surface area (Å²) in [5.74, 6) is -1.16. The second kappa shape index (κ2) is 12.0. The number of anilines is 2. The molecule has 8 heteroatoms. The van der Waals surface area contributed by atoms with Gasteiger partial charge in [-0.05, 0) is 55.7 Å². The molecular weight excluding hydrogens is 516 g/mol. The molecule has 3 aromatic rings. The number of hydrogen-bond donors (Lipinski definition) is 3. The third kappa shape index (κ3) is 5.94. The number of rotatable bonds is 7. The van der Waals surface area contributed by atoms with Crippen LogP contribution in [0.15, 0.2) is 94.7 Å². The Morgan fingerprint density at radius 3 is 2.26 bits per heavy atom. The highest BCUT2D eigenvalue weighted by atomic mass is 35.5. The van der Waals surface area contributed by atoms with Crippen molar-refractivity contribution in [3.05, 3.63) is 116 Å². The first-order chi connectivity index (χ1) is 18.3. The molecular formula is C30H27ClN4O2S. The molecule has 6 nitrogen and oxygen atoms in total. The van der Waals surface area contributed by atoms with Crippen LogP contribution in [0.2, 0.25) is 5.02 Å². The Morgan fingerprint density at radius 2 is 1.61 bits per heavy atom. The van der Waals surface area contributed by atoms with Gasteiger partial charge in [0, 0.05) is 27.7 Å². The maximum atomic E-state index is 13.5. The number of carbonyl (C=O) groups excluding carboxylic acids is 2. The second-order valence-electron chi connectivity index (χ2n) is 8.90. The van der Waals surface area contributed by atoms with E-state index in [4.69, 9.17) is 11.6 Å². The first-order valence-electron chi connectivity index (χ1n) is 12.0. The summed E-state index contributed by atoms with van der Waals surface area (Å²) in [6.45, 7) is 5.67. The molecule has 0 radical (unpaired) electrons. The van der Waals surface area contributed by atoms with Gasteiger partial charge in [0.2, 0.25) is 5.91 Å². The number of para-hydroxylation sites is 2. The number of benzene rings is 3. The SMILES string of the molecule is CC1=C(C(=O)Nc2ccccc2)C(c2ccccc2Cl)C(C#N)=C(SCC(=O)Nc2c(C)cccc2C)N1. The highest BCUT2D eigenvalue weighted by Crippen LogP contribution is 2.43. The average molecular weight is 543 g/mol. The molecule has 38 heavy (non-hydrogen) atoms. The van der Waals surface area contributed by atoms with Gasteiger partial charge in [-0.3, -0.25) is 9.59 Å². The highest BCUT2D eigenvalue weighted by molar-refractivity contribution is 8.03. The van der Waals surface area contributed by atoms with Gasteiger partial charge in [-0.25, -0.2) is 0 Å². The molecule has 1 heterocycles. The zero-order valence-corrected chi connectivity index (χ0v) is 22.8. The highest BCUT2D eigenvalue weighted by Gasteiger charge is 2.36. The van der Waals surface area contributed by atoms with Crippen LogP contribution in [-0.2, 0) is 9.59 Å². The van der Waals surface area contributed by atoms with E-state index in [1.165, 1.54) is 11.8 Å². The number of nitriles is 1. The lowest BCUT2D eigenvalue weighted by atomic mass is 9.82. The fraction of sp³-hybridized carbons (Fsp3) is 0.167. The van der Waals surface area contributed by atoms with Crippen LogP contribution in [0.1, 0.15) is 29.5 Å². The minimum atomic E-state index is -0.706. The Morgan fingerprint density at radius 1 is 0.947 bits per heavy atom. The van der Waals surface area contributed by atoms with Gasteiger partial charge >= 0.3 is 0 Å². The molecule has 0 bridgehead atoms. The standard InChI is InChI=1S/C30H27ClN4O2S/c1-18-10-9-11-19(2)28(18)35-25(36)17-38-30-23(16-32)27(22-14-7-8-15-24(22)31)26(20(3)33-30)29(37)34-21-12-5-4-6-13-21/h4-15,27,33H,17H2,1-3H3,(H,34,37)(H,35,36). The molecule has 3 N–H and O–H groups in total. The molecule has 0 spiro atoms. The molecule has 1 atom stereocenters. The third-order valence-electron chi connectivity index (χ3n) is 6.23. The number of carbonyl (C=O) groups is 2. The average Bonchev–Trinajstić information content (AvgIpc) is 2.90. The Labute approximate surface area is 231 Å². The Bertz CT molecular complexity index is 1470. The monoisotopic (exact) mass is 542 g/mol. The summed E-state index contributed by atoms with van der Waals surface area (Å²) in [4.78, 5) is 26.4. The van der Waals surface area contributed by atoms with Crippen LogP contribution >= 0.6 is 23.4 Å². The predicted octanol–water partition coefficient (Wildman–Crippen LogP) is 6.66. The van der Waals surface area contributed by atoms with Gasteiger partial charge in [0.05, 0.1) is 28.3 Å². The maximum absolute atomic E-state index is 13.5. The van der Waals surface area contributed by atoms with E-state index in [1.54, 1.807) is 31.2 Å². The molecule has 0 saturated heterocycles. The fourth-order valence-electron chi connectivity index (χ4n) is 4.39. The van der Waals surface area contributed by atoms with Crippen LogP contribution in [0, 0.1) is 25.2 Å². The van der Waals surface area contributed by atoms with E-state index in [-0.39, 0.29) is 17.6 Å². The van der Waals surface area contributed by atoms with Gasteiger partial charge < -0.3 is 16.0 Å². The maximum Gasteiger partial charge on any atom is 0.254 e. The van der Waals surface area contributed by atoms with Crippen molar-refractivity contribution in [2.24, 2.45) is 0 Å². The van der Waals surface area contributed by atoms with Crippen LogP contribution < -0.4 is 16.0 Å². The van der Waals surface area contributed by atoms with E-state index in [2.05, 4.69) is 22.0 Å². The minimum absolute atomic E-state index is 0.0787. The quantitative estimate of drug-likeness (QED) is 0.310. The molecule has 192 valence electrons. The lowest BCUT2D eigenvalue weighted by Crippen LogP contribution is -2.31. The number of allylic oxidation sites excluding steroid dienone is 2. The molecule has 4 rings (SSSR count). The number of nitrogens with one attached hydrogen (secondary N) is 3. The molecule has 0 aromatic heterocycles. The van der Waals surface area contributed by atoms with Crippen LogP contribution in [0.3, 0.4) is 0 Å². The van der Waals surface area contributed by atoms with E-state index in [1.807, 2.05) is 62.4 Å². The van der Waals surface area contributed by atoms with Crippen molar-refractivity contribution in [3.63, 3.8) is 0 Å². The molecule has 1 unspecified atom stereocenters. The second-order valence-corrected chi connectivity index (χ2v) is 10.3. The first kappa shape index (κ1) is 27.1. The van der Waals surface area contributed by atoms with Crippen molar-refractivity contribution in [2.75, 3.05) is 16.4 Å². The van der Waals surface area contributed by atoms with Crippen molar-refractivity contribution < 1.29 is 9.59 Å². The third-order valence-corrected chi connectivity index (χ3v) is 7.59. The van der Waals surface area contributed by atoms with Crippen molar-refractivity contribution in [1.29, 1.82) is 5.26 Å². The Balaban J connectivity index is 1.65. The molecule has 0 fully saturated rings. The number of halogens is 1. The van der Waals surface area contributed by atoms with Gasteiger partial charge in [0.1, 0.15) is 0 Å². The van der Waals surface area contributed by atoms with E-state index < -0.39 is 5.92 Å². The molecule has 3 aromatic carbocycles. The van der Waals surface area contributed by atoms with Gasteiger partial charge in [0.15, 0.2) is 0 Å². The summed E-state index contributed by atoms with van der Waals surface area (Å²) >= 11 is 7.80. The van der Waals surface area contributed by atoms with Crippen molar-refractivity contribution in [3.8, 4) is 6.07 Å². The summed E-state index contributed by atoms with van der Waals surface area (Å²) < 4.78 is 0. The van der Waals surface area contributed by atoms with Gasteiger partial charge in [0.25, 0.3) is 5.91 Å². The predicted molar refractivity (Wildman–Crippen MR) is 155 cm³/mol. The van der Waals surface area contributed by atoms with Crippen LogP contribution in [0.25, 0.3) is 0 Å². The van der Waals surface area contributed by atoms with E-state index >= 15 is 0 Å². The zero-order chi connectivity index (χ0) is 27.2. The van der Waals surface area contributed by atoms with Gasteiger partial charge in [-0.2, -0.15) is 5.26 Å². The smallest absolute Gasteiger partial charge is 0.254 e. The number of thioether (sulfide) groups is 1.